The number of anilines is 1. The van der Waals surface area contributed by atoms with Crippen molar-refractivity contribution in [1.29, 1.82) is 0 Å². The van der Waals surface area contributed by atoms with Crippen LogP contribution in [0.3, 0.4) is 0 Å². The van der Waals surface area contributed by atoms with Crippen molar-refractivity contribution in [3.63, 3.8) is 0 Å². The fourth-order valence-corrected chi connectivity index (χ4v) is 3.68. The number of para-hydroxylation sites is 1. The first-order valence-electron chi connectivity index (χ1n) is 7.84. The van der Waals surface area contributed by atoms with Gasteiger partial charge in [0, 0.05) is 34.8 Å². The lowest BCUT2D eigenvalue weighted by Gasteiger charge is -2.33. The van der Waals surface area contributed by atoms with Gasteiger partial charge in [-0.05, 0) is 18.2 Å². The third-order valence-electron chi connectivity index (χ3n) is 4.67. The summed E-state index contributed by atoms with van der Waals surface area (Å²) in [6, 6.07) is 11.8. The molecule has 2 heterocycles. The van der Waals surface area contributed by atoms with Gasteiger partial charge in [0.25, 0.3) is 0 Å². The summed E-state index contributed by atoms with van der Waals surface area (Å²) in [7, 11) is 5.23. The Morgan fingerprint density at radius 1 is 1.04 bits per heavy atom. The van der Waals surface area contributed by atoms with E-state index in [0.29, 0.717) is 16.7 Å². The number of fused-ring (bicyclic) bond motifs is 5. The highest BCUT2D eigenvalue weighted by atomic mass is 35.5. The number of ether oxygens (including phenoxy) is 2. The molecule has 1 aromatic heterocycles. The molecule has 0 radical (unpaired) electrons. The van der Waals surface area contributed by atoms with E-state index in [1.165, 1.54) is 0 Å². The van der Waals surface area contributed by atoms with E-state index in [0.717, 1.165) is 39.0 Å². The van der Waals surface area contributed by atoms with Crippen molar-refractivity contribution in [2.75, 3.05) is 26.2 Å². The molecule has 4 rings (SSSR count). The average molecular weight is 353 g/mol. The average Bonchev–Trinajstić information content (AvgIpc) is 2.64. The Kier molecular flexibility index (Phi) is 3.58. The van der Waals surface area contributed by atoms with E-state index >= 15 is 0 Å². The molecule has 0 bridgehead atoms. The molecule has 0 unspecified atom stereocenters. The van der Waals surface area contributed by atoms with Crippen LogP contribution in [-0.2, 0) is 0 Å². The molecule has 25 heavy (non-hydrogen) atoms. The van der Waals surface area contributed by atoms with E-state index in [2.05, 4.69) is 16.5 Å². The Morgan fingerprint density at radius 3 is 2.36 bits per heavy atom. The van der Waals surface area contributed by atoms with Crippen molar-refractivity contribution >= 4 is 33.9 Å². The summed E-state index contributed by atoms with van der Waals surface area (Å²) in [5, 5.41) is 1.49. The highest BCUT2D eigenvalue weighted by Gasteiger charge is 2.29. The van der Waals surface area contributed by atoms with Gasteiger partial charge in [-0.1, -0.05) is 36.4 Å². The number of hydrogen-bond donors (Lipinski definition) is 0. The molecule has 0 spiro atoms. The molecular formula is C20H17ClN2O2. The van der Waals surface area contributed by atoms with Gasteiger partial charge in [-0.25, -0.2) is 4.98 Å². The summed E-state index contributed by atoms with van der Waals surface area (Å²) in [4.78, 5) is 6.64. The van der Waals surface area contributed by atoms with Gasteiger partial charge in [0.2, 0.25) is 0 Å². The first kappa shape index (κ1) is 15.8. The summed E-state index contributed by atoms with van der Waals surface area (Å²) in [5.74, 6) is 1.30. The monoisotopic (exact) mass is 352 g/mol. The summed E-state index contributed by atoms with van der Waals surface area (Å²) >= 11 is 6.59. The van der Waals surface area contributed by atoms with Crippen LogP contribution < -0.4 is 14.4 Å². The zero-order valence-corrected chi connectivity index (χ0v) is 15.0. The largest absolute Gasteiger partial charge is 0.493 e. The maximum atomic E-state index is 6.59. The SMILES string of the molecule is C=C1c2cc(OC)c(OC)cc2-c2c(Cl)nc3ccccc3c2N1C. The number of hydrogen-bond acceptors (Lipinski definition) is 4. The minimum Gasteiger partial charge on any atom is -0.493 e. The van der Waals surface area contributed by atoms with Gasteiger partial charge in [-0.2, -0.15) is 0 Å². The summed E-state index contributed by atoms with van der Waals surface area (Å²) in [5.41, 5.74) is 5.50. The third kappa shape index (κ3) is 2.18. The molecule has 126 valence electrons. The predicted molar refractivity (Wildman–Crippen MR) is 103 cm³/mol. The molecule has 0 N–H and O–H groups in total. The van der Waals surface area contributed by atoms with Gasteiger partial charge in [-0.3, -0.25) is 0 Å². The van der Waals surface area contributed by atoms with Crippen LogP contribution in [0.4, 0.5) is 5.69 Å². The second kappa shape index (κ2) is 5.67. The number of pyridine rings is 1. The van der Waals surface area contributed by atoms with Gasteiger partial charge in [0.1, 0.15) is 5.15 Å². The smallest absolute Gasteiger partial charge is 0.161 e. The molecule has 5 heteroatoms. The quantitative estimate of drug-likeness (QED) is 0.608. The first-order valence-corrected chi connectivity index (χ1v) is 8.22. The Labute approximate surface area is 151 Å². The number of benzene rings is 2. The predicted octanol–water partition coefficient (Wildman–Crippen LogP) is 4.99. The Morgan fingerprint density at radius 2 is 1.68 bits per heavy atom. The topological polar surface area (TPSA) is 34.6 Å². The van der Waals surface area contributed by atoms with Crippen LogP contribution in [0.15, 0.2) is 43.0 Å². The van der Waals surface area contributed by atoms with Gasteiger partial charge >= 0.3 is 0 Å². The van der Waals surface area contributed by atoms with Gasteiger partial charge in [-0.15, -0.1) is 0 Å². The molecule has 0 saturated carbocycles. The first-order chi connectivity index (χ1) is 12.1. The zero-order chi connectivity index (χ0) is 17.7. The fourth-order valence-electron chi connectivity index (χ4n) is 3.39. The minimum absolute atomic E-state index is 0.460. The molecular weight excluding hydrogens is 336 g/mol. The number of halogens is 1. The van der Waals surface area contributed by atoms with Gasteiger partial charge in [0.15, 0.2) is 11.5 Å². The fraction of sp³-hybridized carbons (Fsp3) is 0.150. The van der Waals surface area contributed by atoms with E-state index in [-0.39, 0.29) is 0 Å². The van der Waals surface area contributed by atoms with E-state index in [4.69, 9.17) is 21.1 Å². The maximum absolute atomic E-state index is 6.59. The van der Waals surface area contributed by atoms with E-state index in [1.807, 2.05) is 43.4 Å². The van der Waals surface area contributed by atoms with Crippen molar-refractivity contribution in [3.05, 3.63) is 53.7 Å². The van der Waals surface area contributed by atoms with Crippen LogP contribution in [-0.4, -0.2) is 26.3 Å². The number of rotatable bonds is 2. The lowest BCUT2D eigenvalue weighted by Crippen LogP contribution is -2.21. The van der Waals surface area contributed by atoms with Crippen LogP contribution in [0.25, 0.3) is 27.7 Å². The Hall–Kier alpha value is -2.72. The molecule has 0 saturated heterocycles. The molecule has 1 aliphatic rings. The van der Waals surface area contributed by atoms with Crippen molar-refractivity contribution in [1.82, 2.24) is 4.98 Å². The van der Waals surface area contributed by atoms with E-state index in [9.17, 15) is 0 Å². The second-order valence-electron chi connectivity index (χ2n) is 5.90. The normalized spacial score (nSPS) is 12.8. The molecule has 0 amide bonds. The van der Waals surface area contributed by atoms with Gasteiger partial charge in [0.05, 0.1) is 25.4 Å². The van der Waals surface area contributed by atoms with Crippen LogP contribution in [0, 0.1) is 0 Å². The molecule has 4 nitrogen and oxygen atoms in total. The van der Waals surface area contributed by atoms with Crippen molar-refractivity contribution < 1.29 is 9.47 Å². The molecule has 1 aliphatic heterocycles. The number of methoxy groups -OCH3 is 2. The summed E-state index contributed by atoms with van der Waals surface area (Å²) in [6.45, 7) is 4.27. The lowest BCUT2D eigenvalue weighted by molar-refractivity contribution is 0.355. The molecule has 2 aromatic carbocycles. The minimum atomic E-state index is 0.460. The standard InChI is InChI=1S/C20H17ClN2O2/c1-11-13-9-16(24-3)17(25-4)10-14(13)18-19(23(11)2)12-7-5-6-8-15(12)22-20(18)21/h5-10H,1H2,2-4H3. The summed E-state index contributed by atoms with van der Waals surface area (Å²) in [6.07, 6.45) is 0. The number of aromatic nitrogens is 1. The molecule has 0 fully saturated rings. The maximum Gasteiger partial charge on any atom is 0.161 e. The Bertz CT molecular complexity index is 1030. The molecule has 0 atom stereocenters. The van der Waals surface area contributed by atoms with Gasteiger partial charge < -0.3 is 14.4 Å². The second-order valence-corrected chi connectivity index (χ2v) is 6.26. The number of nitrogens with zero attached hydrogens (tertiary/aromatic N) is 2. The summed E-state index contributed by atoms with van der Waals surface area (Å²) < 4.78 is 10.9. The van der Waals surface area contributed by atoms with E-state index in [1.54, 1.807) is 14.2 Å². The van der Waals surface area contributed by atoms with Crippen molar-refractivity contribution in [2.45, 2.75) is 0 Å². The van der Waals surface area contributed by atoms with Crippen molar-refractivity contribution in [3.8, 4) is 22.6 Å². The Balaban J connectivity index is 2.14. The highest BCUT2D eigenvalue weighted by molar-refractivity contribution is 6.34. The van der Waals surface area contributed by atoms with Crippen LogP contribution >= 0.6 is 11.6 Å². The molecule has 3 aromatic rings. The van der Waals surface area contributed by atoms with Crippen LogP contribution in [0.5, 0.6) is 11.5 Å². The molecule has 0 aliphatic carbocycles. The zero-order valence-electron chi connectivity index (χ0n) is 14.3. The third-order valence-corrected chi connectivity index (χ3v) is 4.94. The highest BCUT2D eigenvalue weighted by Crippen LogP contribution is 2.51. The van der Waals surface area contributed by atoms with Crippen molar-refractivity contribution in [2.24, 2.45) is 0 Å². The van der Waals surface area contributed by atoms with E-state index < -0.39 is 0 Å². The van der Waals surface area contributed by atoms with Crippen LogP contribution in [0.1, 0.15) is 5.56 Å². The lowest BCUT2D eigenvalue weighted by atomic mass is 9.90. The van der Waals surface area contributed by atoms with Crippen LogP contribution in [0.2, 0.25) is 5.15 Å².